The maximum atomic E-state index is 12.4. The van der Waals surface area contributed by atoms with Crippen molar-refractivity contribution in [3.05, 3.63) is 73.2 Å². The Labute approximate surface area is 165 Å². The van der Waals surface area contributed by atoms with E-state index in [1.165, 1.54) is 42.7 Å². The van der Waals surface area contributed by atoms with E-state index < -0.39 is 10.0 Å². The highest BCUT2D eigenvalue weighted by atomic mass is 32.2. The van der Waals surface area contributed by atoms with Gasteiger partial charge in [0, 0.05) is 24.0 Å². The summed E-state index contributed by atoms with van der Waals surface area (Å²) in [5.41, 5.74) is 1.43. The van der Waals surface area contributed by atoms with Crippen molar-refractivity contribution in [2.75, 3.05) is 4.72 Å². The van der Waals surface area contributed by atoms with Crippen LogP contribution < -0.4 is 4.72 Å². The molecule has 0 spiro atoms. The van der Waals surface area contributed by atoms with E-state index in [9.17, 15) is 13.5 Å². The molecule has 9 nitrogen and oxygen atoms in total. The van der Waals surface area contributed by atoms with Gasteiger partial charge >= 0.3 is 0 Å². The number of azo groups is 1. The van der Waals surface area contributed by atoms with E-state index in [0.29, 0.717) is 22.3 Å². The standard InChI is InChI=1S/C19H14N6O3S/c26-17-9-8-16(15-3-1-10-20-18(15)17)24-23-13-4-6-14(7-5-13)29(27,28)25-19-21-11-2-12-22-19/h1-12,26H,(H,21,22,25). The predicted octanol–water partition coefficient (Wildman–Crippen LogP) is 3.95. The van der Waals surface area contributed by atoms with Crippen LogP contribution in [0.25, 0.3) is 10.9 Å². The number of sulfonamides is 1. The van der Waals surface area contributed by atoms with E-state index in [0.717, 1.165) is 0 Å². The van der Waals surface area contributed by atoms with Crippen molar-refractivity contribution in [3.8, 4) is 5.75 Å². The molecule has 144 valence electrons. The molecule has 4 aromatic rings. The van der Waals surface area contributed by atoms with Gasteiger partial charge in [-0.15, -0.1) is 5.11 Å². The molecule has 0 aliphatic carbocycles. The number of phenols is 1. The summed E-state index contributed by atoms with van der Waals surface area (Å²) >= 11 is 0. The fourth-order valence-corrected chi connectivity index (χ4v) is 3.52. The smallest absolute Gasteiger partial charge is 0.264 e. The number of nitrogens with zero attached hydrogens (tertiary/aromatic N) is 5. The third kappa shape index (κ3) is 4.01. The Morgan fingerprint density at radius 3 is 2.31 bits per heavy atom. The average molecular weight is 406 g/mol. The first-order valence-electron chi connectivity index (χ1n) is 8.41. The summed E-state index contributed by atoms with van der Waals surface area (Å²) in [4.78, 5) is 11.9. The van der Waals surface area contributed by atoms with Crippen LogP contribution in [0.3, 0.4) is 0 Å². The van der Waals surface area contributed by atoms with Gasteiger partial charge in [0.05, 0.1) is 16.3 Å². The van der Waals surface area contributed by atoms with Gasteiger partial charge in [0.15, 0.2) is 0 Å². The molecule has 29 heavy (non-hydrogen) atoms. The normalized spacial score (nSPS) is 11.7. The minimum absolute atomic E-state index is 0.0101. The van der Waals surface area contributed by atoms with Crippen LogP contribution in [0.15, 0.2) is 88.3 Å². The van der Waals surface area contributed by atoms with Gasteiger partial charge in [-0.25, -0.2) is 23.1 Å². The number of phenolic OH excluding ortho intramolecular Hbond substituents is 1. The highest BCUT2D eigenvalue weighted by Gasteiger charge is 2.15. The minimum atomic E-state index is -3.81. The van der Waals surface area contributed by atoms with Gasteiger partial charge < -0.3 is 5.11 Å². The molecule has 2 aromatic heterocycles. The molecule has 0 amide bonds. The van der Waals surface area contributed by atoms with E-state index in [1.54, 1.807) is 30.5 Å². The summed E-state index contributed by atoms with van der Waals surface area (Å²) in [5.74, 6) is 0.0492. The van der Waals surface area contributed by atoms with Crippen molar-refractivity contribution in [2.24, 2.45) is 10.2 Å². The summed E-state index contributed by atoms with van der Waals surface area (Å²) < 4.78 is 27.1. The highest BCUT2D eigenvalue weighted by molar-refractivity contribution is 7.92. The zero-order valence-corrected chi connectivity index (χ0v) is 15.7. The molecule has 10 heteroatoms. The first kappa shape index (κ1) is 18.4. The van der Waals surface area contributed by atoms with Crippen molar-refractivity contribution in [2.45, 2.75) is 4.90 Å². The molecule has 2 aromatic carbocycles. The number of pyridine rings is 1. The lowest BCUT2D eigenvalue weighted by Crippen LogP contribution is -2.14. The third-order valence-electron chi connectivity index (χ3n) is 3.94. The summed E-state index contributed by atoms with van der Waals surface area (Å²) in [6.45, 7) is 0. The lowest BCUT2D eigenvalue weighted by molar-refractivity contribution is 0.480. The molecular formula is C19H14N6O3S. The molecule has 0 aliphatic rings. The van der Waals surface area contributed by atoms with E-state index in [-0.39, 0.29) is 16.6 Å². The Kier molecular flexibility index (Phi) is 4.83. The number of aromatic nitrogens is 3. The maximum Gasteiger partial charge on any atom is 0.264 e. The molecule has 0 aliphatic heterocycles. The van der Waals surface area contributed by atoms with Crippen molar-refractivity contribution in [1.82, 2.24) is 15.0 Å². The second-order valence-electron chi connectivity index (χ2n) is 5.88. The van der Waals surface area contributed by atoms with Crippen LogP contribution in [0.1, 0.15) is 0 Å². The topological polar surface area (TPSA) is 130 Å². The lowest BCUT2D eigenvalue weighted by Gasteiger charge is -2.06. The second kappa shape index (κ2) is 7.60. The molecule has 0 radical (unpaired) electrons. The fraction of sp³-hybridized carbons (Fsp3) is 0. The van der Waals surface area contributed by atoms with Crippen molar-refractivity contribution < 1.29 is 13.5 Å². The Morgan fingerprint density at radius 1 is 0.828 bits per heavy atom. The van der Waals surface area contributed by atoms with Gasteiger partial charge in [-0.2, -0.15) is 5.11 Å². The SMILES string of the molecule is O=S(=O)(Nc1ncccn1)c1ccc(N=Nc2ccc(O)c3ncccc23)cc1. The molecule has 0 saturated carbocycles. The summed E-state index contributed by atoms with van der Waals surface area (Å²) in [6.07, 6.45) is 4.46. The maximum absolute atomic E-state index is 12.4. The van der Waals surface area contributed by atoms with E-state index in [2.05, 4.69) is 29.9 Å². The molecule has 0 atom stereocenters. The molecule has 4 rings (SSSR count). The number of anilines is 1. The number of benzene rings is 2. The van der Waals surface area contributed by atoms with E-state index >= 15 is 0 Å². The minimum Gasteiger partial charge on any atom is -0.506 e. The molecule has 0 unspecified atom stereocenters. The van der Waals surface area contributed by atoms with Crippen LogP contribution in [-0.2, 0) is 10.0 Å². The number of hydrogen-bond acceptors (Lipinski definition) is 8. The quantitative estimate of drug-likeness (QED) is 0.483. The number of fused-ring (bicyclic) bond motifs is 1. The molecule has 2 heterocycles. The first-order valence-corrected chi connectivity index (χ1v) is 9.90. The fourth-order valence-electron chi connectivity index (χ4n) is 2.56. The summed E-state index contributed by atoms with van der Waals surface area (Å²) in [5, 5.41) is 18.9. The van der Waals surface area contributed by atoms with Crippen LogP contribution in [0, 0.1) is 0 Å². The van der Waals surface area contributed by atoms with Crippen LogP contribution in [0.2, 0.25) is 0 Å². The Morgan fingerprint density at radius 2 is 1.55 bits per heavy atom. The Bertz CT molecular complexity index is 1290. The lowest BCUT2D eigenvalue weighted by atomic mass is 10.2. The van der Waals surface area contributed by atoms with Gasteiger partial charge in [0.25, 0.3) is 10.0 Å². The van der Waals surface area contributed by atoms with Crippen molar-refractivity contribution in [1.29, 1.82) is 0 Å². The monoisotopic (exact) mass is 406 g/mol. The zero-order valence-electron chi connectivity index (χ0n) is 14.8. The zero-order chi connectivity index (χ0) is 20.3. The number of hydrogen-bond donors (Lipinski definition) is 2. The number of aromatic hydroxyl groups is 1. The Hall–Kier alpha value is -3.92. The van der Waals surface area contributed by atoms with Crippen LogP contribution in [0.5, 0.6) is 5.75 Å². The largest absolute Gasteiger partial charge is 0.506 e. The van der Waals surface area contributed by atoms with Crippen LogP contribution >= 0.6 is 0 Å². The van der Waals surface area contributed by atoms with Gasteiger partial charge in [-0.3, -0.25) is 4.98 Å². The van der Waals surface area contributed by atoms with Gasteiger partial charge in [-0.05, 0) is 54.6 Å². The predicted molar refractivity (Wildman–Crippen MR) is 107 cm³/mol. The molecule has 0 fully saturated rings. The van der Waals surface area contributed by atoms with E-state index in [4.69, 9.17) is 0 Å². The van der Waals surface area contributed by atoms with Gasteiger partial charge in [0.2, 0.25) is 5.95 Å². The van der Waals surface area contributed by atoms with Crippen LogP contribution in [-0.4, -0.2) is 28.5 Å². The number of nitrogens with one attached hydrogen (secondary N) is 1. The molecular weight excluding hydrogens is 392 g/mol. The Balaban J connectivity index is 1.57. The number of rotatable bonds is 5. The summed E-state index contributed by atoms with van der Waals surface area (Å²) in [7, 11) is -3.81. The molecule has 0 saturated heterocycles. The van der Waals surface area contributed by atoms with Gasteiger partial charge in [0.1, 0.15) is 11.3 Å². The van der Waals surface area contributed by atoms with Gasteiger partial charge in [-0.1, -0.05) is 0 Å². The van der Waals surface area contributed by atoms with E-state index in [1.807, 2.05) is 0 Å². The van der Waals surface area contributed by atoms with Crippen molar-refractivity contribution in [3.63, 3.8) is 0 Å². The first-order chi connectivity index (χ1) is 14.0. The second-order valence-corrected chi connectivity index (χ2v) is 7.56. The van der Waals surface area contributed by atoms with Crippen LogP contribution in [0.4, 0.5) is 17.3 Å². The highest BCUT2D eigenvalue weighted by Crippen LogP contribution is 2.32. The van der Waals surface area contributed by atoms with Crippen molar-refractivity contribution >= 4 is 38.2 Å². The molecule has 0 bridgehead atoms. The summed E-state index contributed by atoms with van der Waals surface area (Å²) in [6, 6.07) is 14.1. The molecule has 2 N–H and O–H groups in total. The third-order valence-corrected chi connectivity index (χ3v) is 5.28. The average Bonchev–Trinajstić information content (AvgIpc) is 2.74.